The maximum absolute atomic E-state index is 12.0. The Kier molecular flexibility index (Phi) is 5.93. The molecule has 0 saturated carbocycles. The quantitative estimate of drug-likeness (QED) is 0.786. The van der Waals surface area contributed by atoms with E-state index in [0.29, 0.717) is 22.2 Å². The summed E-state index contributed by atoms with van der Waals surface area (Å²) in [6.45, 7) is 5.96. The van der Waals surface area contributed by atoms with Gasteiger partial charge in [-0.25, -0.2) is 4.79 Å². The van der Waals surface area contributed by atoms with Crippen LogP contribution in [0.4, 0.5) is 10.5 Å². The van der Waals surface area contributed by atoms with Gasteiger partial charge in [0.15, 0.2) is 6.73 Å². The second-order valence-corrected chi connectivity index (χ2v) is 5.87. The minimum Gasteiger partial charge on any atom is -0.495 e. The maximum atomic E-state index is 12.0. The Balaban J connectivity index is 1.91. The highest BCUT2D eigenvalue weighted by molar-refractivity contribution is 6.31. The number of ether oxygens (including phenoxy) is 2. The van der Waals surface area contributed by atoms with Crippen molar-refractivity contribution >= 4 is 23.3 Å². The van der Waals surface area contributed by atoms with Gasteiger partial charge in [-0.05, 0) is 55.7 Å². The fourth-order valence-corrected chi connectivity index (χ4v) is 2.24. The van der Waals surface area contributed by atoms with Gasteiger partial charge in [-0.3, -0.25) is 0 Å². The van der Waals surface area contributed by atoms with Crippen LogP contribution in [0, 0.1) is 20.8 Å². The molecule has 0 saturated heterocycles. The first-order chi connectivity index (χ1) is 11.4. The molecule has 0 spiro atoms. The molecule has 0 fully saturated rings. The summed E-state index contributed by atoms with van der Waals surface area (Å²) in [6, 6.07) is 8.81. The van der Waals surface area contributed by atoms with Crippen molar-refractivity contribution in [3.63, 3.8) is 0 Å². The second kappa shape index (κ2) is 7.93. The van der Waals surface area contributed by atoms with Crippen molar-refractivity contribution in [1.29, 1.82) is 0 Å². The third kappa shape index (κ3) is 4.55. The molecule has 0 atom stereocenters. The van der Waals surface area contributed by atoms with Crippen molar-refractivity contribution in [2.75, 3.05) is 19.2 Å². The molecule has 5 nitrogen and oxygen atoms in total. The molecule has 0 bridgehead atoms. The van der Waals surface area contributed by atoms with Crippen molar-refractivity contribution in [3.8, 4) is 11.5 Å². The first kappa shape index (κ1) is 17.9. The predicted molar refractivity (Wildman–Crippen MR) is 96.3 cm³/mol. The molecular weight excluding hydrogens is 328 g/mol. The molecule has 6 heteroatoms. The van der Waals surface area contributed by atoms with Gasteiger partial charge >= 0.3 is 6.03 Å². The Morgan fingerprint density at radius 3 is 2.50 bits per heavy atom. The molecular formula is C18H21ClN2O3. The number of carbonyl (C=O) groups excluding carboxylic acids is 1. The Hall–Kier alpha value is -2.40. The molecule has 128 valence electrons. The van der Waals surface area contributed by atoms with Crippen LogP contribution in [0.5, 0.6) is 11.5 Å². The van der Waals surface area contributed by atoms with Crippen LogP contribution >= 0.6 is 11.6 Å². The molecule has 0 aromatic heterocycles. The van der Waals surface area contributed by atoms with Crippen molar-refractivity contribution in [2.45, 2.75) is 20.8 Å². The number of halogens is 1. The fourth-order valence-electron chi connectivity index (χ4n) is 2.08. The number of amides is 2. The first-order valence-corrected chi connectivity index (χ1v) is 7.87. The highest BCUT2D eigenvalue weighted by Crippen LogP contribution is 2.30. The smallest absolute Gasteiger partial charge is 0.321 e. The Bertz CT molecular complexity index is 747. The van der Waals surface area contributed by atoms with E-state index in [4.69, 9.17) is 21.1 Å². The van der Waals surface area contributed by atoms with E-state index in [2.05, 4.69) is 10.6 Å². The van der Waals surface area contributed by atoms with E-state index in [-0.39, 0.29) is 12.8 Å². The van der Waals surface area contributed by atoms with E-state index in [1.165, 1.54) is 12.7 Å². The van der Waals surface area contributed by atoms with Crippen LogP contribution in [-0.4, -0.2) is 19.9 Å². The Labute approximate surface area is 146 Å². The number of carbonyl (C=O) groups is 1. The molecule has 0 unspecified atom stereocenters. The van der Waals surface area contributed by atoms with Gasteiger partial charge in [0.1, 0.15) is 11.5 Å². The Morgan fingerprint density at radius 2 is 1.83 bits per heavy atom. The lowest BCUT2D eigenvalue weighted by atomic mass is 10.1. The van der Waals surface area contributed by atoms with Crippen LogP contribution in [0.15, 0.2) is 30.3 Å². The zero-order valence-electron chi connectivity index (χ0n) is 14.2. The molecule has 2 N–H and O–H groups in total. The van der Waals surface area contributed by atoms with E-state index >= 15 is 0 Å². The number of nitrogens with one attached hydrogen (secondary N) is 2. The lowest BCUT2D eigenvalue weighted by Gasteiger charge is -2.13. The fraction of sp³-hybridized carbons (Fsp3) is 0.278. The molecule has 2 rings (SSSR count). The van der Waals surface area contributed by atoms with Crippen LogP contribution in [0.3, 0.4) is 0 Å². The van der Waals surface area contributed by atoms with Gasteiger partial charge < -0.3 is 20.1 Å². The molecule has 0 radical (unpaired) electrons. The number of benzene rings is 2. The van der Waals surface area contributed by atoms with Crippen molar-refractivity contribution < 1.29 is 14.3 Å². The molecule has 0 aliphatic rings. The van der Waals surface area contributed by atoms with E-state index in [1.807, 2.05) is 39.0 Å². The molecule has 0 aliphatic heterocycles. The average Bonchev–Trinajstić information content (AvgIpc) is 2.54. The number of urea groups is 1. The van der Waals surface area contributed by atoms with E-state index in [0.717, 1.165) is 11.1 Å². The standard InChI is InChI=1S/C18H21ClN2O3/c1-11-5-6-14(7-12(11)2)24-10-20-18(22)21-16-8-13(3)15(19)9-17(16)23-4/h5-9H,10H2,1-4H3,(H2,20,21,22). The number of hydrogen-bond acceptors (Lipinski definition) is 3. The Morgan fingerprint density at radius 1 is 1.08 bits per heavy atom. The number of rotatable bonds is 5. The largest absolute Gasteiger partial charge is 0.495 e. The van der Waals surface area contributed by atoms with Crippen LogP contribution in [0.25, 0.3) is 0 Å². The van der Waals surface area contributed by atoms with Crippen molar-refractivity contribution in [3.05, 3.63) is 52.0 Å². The topological polar surface area (TPSA) is 59.6 Å². The summed E-state index contributed by atoms with van der Waals surface area (Å²) in [4.78, 5) is 12.0. The van der Waals surface area contributed by atoms with Crippen LogP contribution in [0.1, 0.15) is 16.7 Å². The summed E-state index contributed by atoms with van der Waals surface area (Å²) < 4.78 is 10.7. The molecule has 2 aromatic carbocycles. The third-order valence-corrected chi connectivity index (χ3v) is 4.09. The number of methoxy groups -OCH3 is 1. The number of aryl methyl sites for hydroxylation is 3. The summed E-state index contributed by atoms with van der Waals surface area (Å²) in [5.74, 6) is 1.20. The maximum Gasteiger partial charge on any atom is 0.321 e. The minimum absolute atomic E-state index is 0.0588. The zero-order chi connectivity index (χ0) is 17.7. The zero-order valence-corrected chi connectivity index (χ0v) is 15.0. The van der Waals surface area contributed by atoms with Gasteiger partial charge in [0, 0.05) is 11.1 Å². The molecule has 2 aromatic rings. The molecule has 0 heterocycles. The van der Waals surface area contributed by atoms with Gasteiger partial charge in [0.25, 0.3) is 0 Å². The highest BCUT2D eigenvalue weighted by atomic mass is 35.5. The second-order valence-electron chi connectivity index (χ2n) is 5.47. The summed E-state index contributed by atoms with van der Waals surface area (Å²) >= 11 is 6.05. The average molecular weight is 349 g/mol. The van der Waals surface area contributed by atoms with Crippen LogP contribution in [-0.2, 0) is 0 Å². The lowest BCUT2D eigenvalue weighted by Crippen LogP contribution is -2.32. The summed E-state index contributed by atoms with van der Waals surface area (Å²) in [5, 5.41) is 5.94. The van der Waals surface area contributed by atoms with Gasteiger partial charge in [-0.15, -0.1) is 0 Å². The lowest BCUT2D eigenvalue weighted by molar-refractivity contribution is 0.234. The van der Waals surface area contributed by atoms with Gasteiger partial charge in [0.05, 0.1) is 12.8 Å². The predicted octanol–water partition coefficient (Wildman–Crippen LogP) is 4.43. The van der Waals surface area contributed by atoms with Gasteiger partial charge in [-0.1, -0.05) is 17.7 Å². The molecule has 24 heavy (non-hydrogen) atoms. The van der Waals surface area contributed by atoms with E-state index < -0.39 is 0 Å². The van der Waals surface area contributed by atoms with Gasteiger partial charge in [-0.2, -0.15) is 0 Å². The van der Waals surface area contributed by atoms with E-state index in [9.17, 15) is 4.79 Å². The van der Waals surface area contributed by atoms with E-state index in [1.54, 1.807) is 12.1 Å². The van der Waals surface area contributed by atoms with Crippen LogP contribution in [0.2, 0.25) is 5.02 Å². The first-order valence-electron chi connectivity index (χ1n) is 7.49. The monoisotopic (exact) mass is 348 g/mol. The highest BCUT2D eigenvalue weighted by Gasteiger charge is 2.10. The summed E-state index contributed by atoms with van der Waals surface area (Å²) in [7, 11) is 1.52. The summed E-state index contributed by atoms with van der Waals surface area (Å²) in [5.41, 5.74) is 3.72. The molecule has 0 aliphatic carbocycles. The number of anilines is 1. The van der Waals surface area contributed by atoms with Crippen LogP contribution < -0.4 is 20.1 Å². The SMILES string of the molecule is COc1cc(Cl)c(C)cc1NC(=O)NCOc1ccc(C)c(C)c1. The minimum atomic E-state index is -0.390. The normalized spacial score (nSPS) is 10.2. The van der Waals surface area contributed by atoms with Gasteiger partial charge in [0.2, 0.25) is 0 Å². The van der Waals surface area contributed by atoms with Crippen molar-refractivity contribution in [2.24, 2.45) is 0 Å². The molecule has 2 amide bonds. The number of hydrogen-bond donors (Lipinski definition) is 2. The van der Waals surface area contributed by atoms with Crippen molar-refractivity contribution in [1.82, 2.24) is 5.32 Å². The summed E-state index contributed by atoms with van der Waals surface area (Å²) in [6.07, 6.45) is 0. The third-order valence-electron chi connectivity index (χ3n) is 3.68.